The van der Waals surface area contributed by atoms with Crippen molar-refractivity contribution in [3.63, 3.8) is 0 Å². The number of aliphatic carboxylic acids is 1. The molecule has 0 saturated carbocycles. The molecule has 0 rings (SSSR count). The molecule has 0 saturated heterocycles. The van der Waals surface area contributed by atoms with Gasteiger partial charge in [-0.2, -0.15) is 0 Å². The van der Waals surface area contributed by atoms with E-state index in [0.717, 1.165) is 12.0 Å². The van der Waals surface area contributed by atoms with Crippen LogP contribution in [0.5, 0.6) is 0 Å². The van der Waals surface area contributed by atoms with Crippen molar-refractivity contribution in [2.24, 2.45) is 5.41 Å². The Labute approximate surface area is 74.3 Å². The molecule has 2 heteroatoms. The van der Waals surface area contributed by atoms with Crippen LogP contribution in [-0.4, -0.2) is 11.1 Å². The predicted molar refractivity (Wildman–Crippen MR) is 50.1 cm³/mol. The van der Waals surface area contributed by atoms with Crippen LogP contribution in [0.15, 0.2) is 11.6 Å². The van der Waals surface area contributed by atoms with Crippen LogP contribution in [-0.2, 0) is 4.79 Å². The van der Waals surface area contributed by atoms with Crippen LogP contribution >= 0.6 is 0 Å². The zero-order valence-electron chi connectivity index (χ0n) is 8.35. The van der Waals surface area contributed by atoms with Gasteiger partial charge in [0.25, 0.3) is 0 Å². The van der Waals surface area contributed by atoms with E-state index in [1.54, 1.807) is 6.08 Å². The minimum atomic E-state index is -0.761. The van der Waals surface area contributed by atoms with Gasteiger partial charge in [-0.15, -0.1) is 0 Å². The third-order valence-electron chi connectivity index (χ3n) is 1.43. The quantitative estimate of drug-likeness (QED) is 0.661. The van der Waals surface area contributed by atoms with Crippen molar-refractivity contribution in [3.8, 4) is 0 Å². The van der Waals surface area contributed by atoms with E-state index in [0.29, 0.717) is 0 Å². The molecule has 2 nitrogen and oxygen atoms in total. The van der Waals surface area contributed by atoms with Crippen molar-refractivity contribution in [1.29, 1.82) is 0 Å². The summed E-state index contributed by atoms with van der Waals surface area (Å²) in [5, 5.41) is 8.42. The summed E-state index contributed by atoms with van der Waals surface area (Å²) in [6.45, 7) is 8.41. The van der Waals surface area contributed by atoms with E-state index in [1.165, 1.54) is 0 Å². The van der Waals surface area contributed by atoms with Crippen molar-refractivity contribution >= 4 is 5.97 Å². The topological polar surface area (TPSA) is 37.3 Å². The molecule has 0 heterocycles. The lowest BCUT2D eigenvalue weighted by molar-refractivity contribution is -0.136. The van der Waals surface area contributed by atoms with E-state index in [4.69, 9.17) is 5.11 Å². The normalized spacial score (nSPS) is 13.2. The fraction of sp³-hybridized carbons (Fsp3) is 0.700. The number of hydrogen-bond donors (Lipinski definition) is 1. The van der Waals surface area contributed by atoms with Gasteiger partial charge in [0.2, 0.25) is 0 Å². The summed E-state index contributed by atoms with van der Waals surface area (Å²) in [7, 11) is 0. The molecule has 0 aliphatic rings. The highest BCUT2D eigenvalue weighted by Gasteiger charge is 2.10. The first kappa shape index (κ1) is 11.2. The largest absolute Gasteiger partial charge is 0.481 e. The van der Waals surface area contributed by atoms with E-state index < -0.39 is 5.97 Å². The number of allylic oxidation sites excluding steroid dienone is 1. The molecular formula is C10H18O2. The lowest BCUT2D eigenvalue weighted by atomic mass is 9.88. The first-order valence-electron chi connectivity index (χ1n) is 4.19. The zero-order valence-corrected chi connectivity index (χ0v) is 8.35. The van der Waals surface area contributed by atoms with E-state index in [2.05, 4.69) is 20.8 Å². The summed E-state index contributed by atoms with van der Waals surface area (Å²) < 4.78 is 0. The first-order chi connectivity index (χ1) is 5.31. The van der Waals surface area contributed by atoms with Gasteiger partial charge in [0.1, 0.15) is 0 Å². The highest BCUT2D eigenvalue weighted by molar-refractivity contribution is 5.68. The van der Waals surface area contributed by atoms with Crippen molar-refractivity contribution in [1.82, 2.24) is 0 Å². The van der Waals surface area contributed by atoms with Crippen LogP contribution in [0.4, 0.5) is 0 Å². The van der Waals surface area contributed by atoms with Gasteiger partial charge in [-0.25, -0.2) is 0 Å². The monoisotopic (exact) mass is 170 g/mol. The molecule has 0 fully saturated rings. The van der Waals surface area contributed by atoms with Crippen LogP contribution in [0, 0.1) is 5.41 Å². The average Bonchev–Trinajstić information content (AvgIpc) is 1.79. The summed E-state index contributed by atoms with van der Waals surface area (Å²) in [6.07, 6.45) is 2.88. The molecule has 0 aliphatic carbocycles. The summed E-state index contributed by atoms with van der Waals surface area (Å²) in [6, 6.07) is 0. The fourth-order valence-electron chi connectivity index (χ4n) is 1.17. The molecular weight excluding hydrogens is 152 g/mol. The van der Waals surface area contributed by atoms with Crippen LogP contribution < -0.4 is 0 Å². The summed E-state index contributed by atoms with van der Waals surface area (Å²) in [4.78, 5) is 10.2. The van der Waals surface area contributed by atoms with E-state index in [1.807, 2.05) is 6.92 Å². The predicted octanol–water partition coefficient (Wildman–Crippen LogP) is 2.84. The maximum atomic E-state index is 10.2. The number of carbonyl (C=O) groups is 1. The Bertz CT molecular complexity index is 185. The molecule has 0 aromatic rings. The van der Waals surface area contributed by atoms with Gasteiger partial charge in [-0.3, -0.25) is 4.79 Å². The molecule has 0 radical (unpaired) electrons. The fourth-order valence-corrected chi connectivity index (χ4v) is 1.17. The van der Waals surface area contributed by atoms with Crippen LogP contribution in [0.3, 0.4) is 0 Å². The smallest absolute Gasteiger partial charge is 0.307 e. The SMILES string of the molecule is C/C(=C\CC(=O)O)CC(C)(C)C. The number of carboxylic acid groups (broad SMARTS) is 1. The minimum Gasteiger partial charge on any atom is -0.481 e. The Hall–Kier alpha value is -0.790. The molecule has 0 aromatic carbocycles. The molecule has 0 unspecified atom stereocenters. The van der Waals surface area contributed by atoms with E-state index >= 15 is 0 Å². The number of carboxylic acids is 1. The molecule has 0 spiro atoms. The van der Waals surface area contributed by atoms with Crippen LogP contribution in [0.1, 0.15) is 40.5 Å². The highest BCUT2D eigenvalue weighted by Crippen LogP contribution is 2.23. The van der Waals surface area contributed by atoms with Gasteiger partial charge in [0, 0.05) is 0 Å². The molecule has 1 N–H and O–H groups in total. The Morgan fingerprint density at radius 1 is 1.42 bits per heavy atom. The molecule has 0 bridgehead atoms. The van der Waals surface area contributed by atoms with Crippen molar-refractivity contribution in [3.05, 3.63) is 11.6 Å². The molecule has 70 valence electrons. The van der Waals surface area contributed by atoms with Crippen molar-refractivity contribution in [2.45, 2.75) is 40.5 Å². The molecule has 12 heavy (non-hydrogen) atoms. The molecule has 0 atom stereocenters. The Balaban J connectivity index is 3.95. The first-order valence-corrected chi connectivity index (χ1v) is 4.19. The Morgan fingerprint density at radius 2 is 1.92 bits per heavy atom. The van der Waals surface area contributed by atoms with Crippen molar-refractivity contribution < 1.29 is 9.90 Å². The van der Waals surface area contributed by atoms with Gasteiger partial charge in [0.05, 0.1) is 6.42 Å². The summed E-state index contributed by atoms with van der Waals surface area (Å²) in [5.74, 6) is -0.761. The minimum absolute atomic E-state index is 0.141. The standard InChI is InChI=1S/C10H18O2/c1-8(5-6-9(11)12)7-10(2,3)4/h5H,6-7H2,1-4H3,(H,11,12)/b8-5+. The highest BCUT2D eigenvalue weighted by atomic mass is 16.4. The average molecular weight is 170 g/mol. The van der Waals surface area contributed by atoms with Gasteiger partial charge >= 0.3 is 5.97 Å². The molecule has 0 aliphatic heterocycles. The zero-order chi connectivity index (χ0) is 9.78. The lowest BCUT2D eigenvalue weighted by Crippen LogP contribution is -2.05. The van der Waals surface area contributed by atoms with Gasteiger partial charge < -0.3 is 5.11 Å². The summed E-state index contributed by atoms with van der Waals surface area (Å²) in [5.41, 5.74) is 1.41. The maximum absolute atomic E-state index is 10.2. The van der Waals surface area contributed by atoms with E-state index in [9.17, 15) is 4.79 Å². The molecule has 0 amide bonds. The summed E-state index contributed by atoms with van der Waals surface area (Å²) >= 11 is 0. The Morgan fingerprint density at radius 3 is 2.25 bits per heavy atom. The van der Waals surface area contributed by atoms with Gasteiger partial charge in [-0.1, -0.05) is 32.4 Å². The van der Waals surface area contributed by atoms with Crippen LogP contribution in [0.2, 0.25) is 0 Å². The second-order valence-electron chi connectivity index (χ2n) is 4.39. The second kappa shape index (κ2) is 4.29. The number of hydrogen-bond acceptors (Lipinski definition) is 1. The van der Waals surface area contributed by atoms with Crippen LogP contribution in [0.25, 0.3) is 0 Å². The van der Waals surface area contributed by atoms with Gasteiger partial charge in [-0.05, 0) is 18.8 Å². The third kappa shape index (κ3) is 7.32. The Kier molecular flexibility index (Phi) is 4.01. The van der Waals surface area contributed by atoms with Gasteiger partial charge in [0.15, 0.2) is 0 Å². The second-order valence-corrected chi connectivity index (χ2v) is 4.39. The third-order valence-corrected chi connectivity index (χ3v) is 1.43. The van der Waals surface area contributed by atoms with Crippen molar-refractivity contribution in [2.75, 3.05) is 0 Å². The number of rotatable bonds is 3. The molecule has 0 aromatic heterocycles. The maximum Gasteiger partial charge on any atom is 0.307 e. The lowest BCUT2D eigenvalue weighted by Gasteiger charge is -2.18. The van der Waals surface area contributed by atoms with E-state index in [-0.39, 0.29) is 11.8 Å².